The van der Waals surface area contributed by atoms with Crippen LogP contribution in [0.1, 0.15) is 42.8 Å². The summed E-state index contributed by atoms with van der Waals surface area (Å²) < 4.78 is 0. The third-order valence-electron chi connectivity index (χ3n) is 4.39. The molecule has 0 aromatic carbocycles. The normalized spacial score (nSPS) is 22.6. The first-order valence-corrected chi connectivity index (χ1v) is 9.97. The van der Waals surface area contributed by atoms with Crippen LogP contribution in [0.15, 0.2) is 4.99 Å². The maximum Gasteiger partial charge on any atom is 0.191 e. The highest BCUT2D eigenvalue weighted by Crippen LogP contribution is 2.20. The molecule has 0 aliphatic carbocycles. The van der Waals surface area contributed by atoms with Crippen LogP contribution in [0.3, 0.4) is 0 Å². The smallest absolute Gasteiger partial charge is 0.191 e. The number of likely N-dealkylation sites (tertiary alicyclic amines) is 1. The number of aromatic nitrogens is 1. The largest absolute Gasteiger partial charge is 0.357 e. The van der Waals surface area contributed by atoms with E-state index in [1.165, 1.54) is 24.4 Å². The molecule has 0 radical (unpaired) electrons. The van der Waals surface area contributed by atoms with Gasteiger partial charge < -0.3 is 15.5 Å². The van der Waals surface area contributed by atoms with Crippen molar-refractivity contribution in [2.75, 3.05) is 32.7 Å². The molecule has 2 atom stereocenters. The zero-order valence-corrected chi connectivity index (χ0v) is 16.7. The maximum atomic E-state index is 4.72. The predicted molar refractivity (Wildman–Crippen MR) is 104 cm³/mol. The van der Waals surface area contributed by atoms with Gasteiger partial charge in [-0.3, -0.25) is 0 Å². The Balaban J connectivity index is 1.82. The highest BCUT2D eigenvalue weighted by atomic mass is 32.1. The number of nitrogens with zero attached hydrogens (tertiary/aromatic N) is 3. The lowest BCUT2D eigenvalue weighted by Gasteiger charge is -2.35. The number of aryl methyl sites for hydroxylation is 2. The molecular weight excluding hydrogens is 318 g/mol. The number of aliphatic imine (C=N–C) groups is 1. The van der Waals surface area contributed by atoms with E-state index in [1.807, 2.05) is 0 Å². The third-order valence-corrected chi connectivity index (χ3v) is 5.45. The summed E-state index contributed by atoms with van der Waals surface area (Å²) in [5, 5.41) is 7.93. The van der Waals surface area contributed by atoms with Crippen molar-refractivity contribution in [2.24, 2.45) is 16.8 Å². The molecule has 1 aromatic heterocycles. The summed E-state index contributed by atoms with van der Waals surface area (Å²) in [5.41, 5.74) is 1.10. The van der Waals surface area contributed by atoms with E-state index in [0.29, 0.717) is 6.54 Å². The van der Waals surface area contributed by atoms with Crippen molar-refractivity contribution >= 4 is 17.3 Å². The summed E-state index contributed by atoms with van der Waals surface area (Å²) in [4.78, 5) is 13.0. The van der Waals surface area contributed by atoms with Crippen molar-refractivity contribution in [3.05, 3.63) is 15.6 Å². The number of thiazole rings is 1. The molecule has 0 amide bonds. The Labute approximate surface area is 151 Å². The number of rotatable bonds is 6. The van der Waals surface area contributed by atoms with E-state index < -0.39 is 0 Å². The number of hydrogen-bond acceptors (Lipinski definition) is 4. The fraction of sp³-hybridized carbons (Fsp3) is 0.778. The second-order valence-corrected chi connectivity index (χ2v) is 8.36. The monoisotopic (exact) mass is 351 g/mol. The summed E-state index contributed by atoms with van der Waals surface area (Å²) in [7, 11) is 0. The van der Waals surface area contributed by atoms with E-state index in [2.05, 4.69) is 55.1 Å². The van der Waals surface area contributed by atoms with Crippen LogP contribution >= 0.6 is 11.3 Å². The zero-order chi connectivity index (χ0) is 17.5. The number of guanidine groups is 1. The van der Waals surface area contributed by atoms with E-state index >= 15 is 0 Å². The second-order valence-electron chi connectivity index (χ2n) is 7.07. The molecule has 2 heterocycles. The van der Waals surface area contributed by atoms with Crippen molar-refractivity contribution in [1.29, 1.82) is 0 Å². The molecule has 2 rings (SSSR count). The fourth-order valence-electron chi connectivity index (χ4n) is 3.52. The Morgan fingerprint density at radius 1 is 1.25 bits per heavy atom. The molecular formula is C18H33N5S. The molecule has 1 aliphatic rings. The van der Waals surface area contributed by atoms with Gasteiger partial charge in [-0.1, -0.05) is 13.8 Å². The second kappa shape index (κ2) is 9.37. The first-order valence-electron chi connectivity index (χ1n) is 9.15. The standard InChI is InChI=1S/C18H33N5S/c1-6-19-18(21-10-17-15(4)22-16(5)24-17)20-7-8-23-11-13(2)9-14(3)12-23/h13-14H,6-12H2,1-5H3,(H2,19,20,21). The van der Waals surface area contributed by atoms with Crippen molar-refractivity contribution in [2.45, 2.75) is 47.6 Å². The topological polar surface area (TPSA) is 52.6 Å². The summed E-state index contributed by atoms with van der Waals surface area (Å²) in [6.07, 6.45) is 1.36. The summed E-state index contributed by atoms with van der Waals surface area (Å²) in [5.74, 6) is 2.53. The van der Waals surface area contributed by atoms with Crippen LogP contribution in [-0.4, -0.2) is 48.6 Å². The lowest BCUT2D eigenvalue weighted by Crippen LogP contribution is -2.45. The molecule has 2 N–H and O–H groups in total. The molecule has 5 nitrogen and oxygen atoms in total. The van der Waals surface area contributed by atoms with Gasteiger partial charge in [0, 0.05) is 37.6 Å². The van der Waals surface area contributed by atoms with Gasteiger partial charge >= 0.3 is 0 Å². The number of piperidine rings is 1. The van der Waals surface area contributed by atoms with Crippen molar-refractivity contribution < 1.29 is 0 Å². The molecule has 0 saturated carbocycles. The minimum atomic E-state index is 0.699. The van der Waals surface area contributed by atoms with Crippen LogP contribution in [0.5, 0.6) is 0 Å². The zero-order valence-electron chi connectivity index (χ0n) is 15.9. The average molecular weight is 352 g/mol. The minimum absolute atomic E-state index is 0.699. The van der Waals surface area contributed by atoms with Crippen LogP contribution in [0, 0.1) is 25.7 Å². The van der Waals surface area contributed by atoms with E-state index in [9.17, 15) is 0 Å². The van der Waals surface area contributed by atoms with Gasteiger partial charge in [0.05, 0.1) is 17.2 Å². The van der Waals surface area contributed by atoms with Crippen molar-refractivity contribution in [3.63, 3.8) is 0 Å². The quantitative estimate of drug-likeness (QED) is 0.611. The molecule has 24 heavy (non-hydrogen) atoms. The highest BCUT2D eigenvalue weighted by Gasteiger charge is 2.21. The molecule has 1 aliphatic heterocycles. The van der Waals surface area contributed by atoms with Gasteiger partial charge in [0.15, 0.2) is 5.96 Å². The van der Waals surface area contributed by atoms with Gasteiger partial charge in [0.1, 0.15) is 0 Å². The predicted octanol–water partition coefficient (Wildman–Crippen LogP) is 2.79. The van der Waals surface area contributed by atoms with Crippen LogP contribution < -0.4 is 10.6 Å². The molecule has 1 fully saturated rings. The molecule has 0 bridgehead atoms. The van der Waals surface area contributed by atoms with Crippen molar-refractivity contribution in [1.82, 2.24) is 20.5 Å². The Bertz CT molecular complexity index is 530. The van der Waals surface area contributed by atoms with Crippen LogP contribution in [0.25, 0.3) is 0 Å². The molecule has 0 spiro atoms. The van der Waals surface area contributed by atoms with Crippen LogP contribution in [-0.2, 0) is 6.54 Å². The van der Waals surface area contributed by atoms with Gasteiger partial charge in [-0.15, -0.1) is 11.3 Å². The summed E-state index contributed by atoms with van der Waals surface area (Å²) >= 11 is 1.74. The fourth-order valence-corrected chi connectivity index (χ4v) is 4.38. The van der Waals surface area contributed by atoms with Gasteiger partial charge in [0.25, 0.3) is 0 Å². The van der Waals surface area contributed by atoms with Gasteiger partial charge in [-0.25, -0.2) is 9.98 Å². The van der Waals surface area contributed by atoms with Crippen LogP contribution in [0.2, 0.25) is 0 Å². The van der Waals surface area contributed by atoms with Crippen molar-refractivity contribution in [3.8, 4) is 0 Å². The Morgan fingerprint density at radius 2 is 1.96 bits per heavy atom. The van der Waals surface area contributed by atoms with Gasteiger partial charge in [-0.05, 0) is 39.0 Å². The highest BCUT2D eigenvalue weighted by molar-refractivity contribution is 7.11. The summed E-state index contributed by atoms with van der Waals surface area (Å²) in [6.45, 7) is 17.0. The first-order chi connectivity index (χ1) is 11.5. The Kier molecular flexibility index (Phi) is 7.49. The van der Waals surface area contributed by atoms with Gasteiger partial charge in [-0.2, -0.15) is 0 Å². The lowest BCUT2D eigenvalue weighted by molar-refractivity contribution is 0.143. The SMILES string of the molecule is CCNC(=NCc1sc(C)nc1C)NCCN1CC(C)CC(C)C1. The Morgan fingerprint density at radius 3 is 2.54 bits per heavy atom. The third kappa shape index (κ3) is 6.06. The first kappa shape index (κ1) is 19.2. The lowest BCUT2D eigenvalue weighted by atomic mass is 9.92. The molecule has 6 heteroatoms. The molecule has 1 aromatic rings. The van der Waals surface area contributed by atoms with Gasteiger partial charge in [0.2, 0.25) is 0 Å². The van der Waals surface area contributed by atoms with E-state index in [1.54, 1.807) is 11.3 Å². The average Bonchev–Trinajstić information content (AvgIpc) is 2.81. The number of nitrogens with one attached hydrogen (secondary N) is 2. The molecule has 1 saturated heterocycles. The number of hydrogen-bond donors (Lipinski definition) is 2. The van der Waals surface area contributed by atoms with E-state index in [0.717, 1.165) is 48.1 Å². The van der Waals surface area contributed by atoms with E-state index in [-0.39, 0.29) is 0 Å². The molecule has 2 unspecified atom stereocenters. The van der Waals surface area contributed by atoms with Crippen LogP contribution in [0.4, 0.5) is 0 Å². The maximum absolute atomic E-state index is 4.72. The minimum Gasteiger partial charge on any atom is -0.357 e. The van der Waals surface area contributed by atoms with E-state index in [4.69, 9.17) is 4.99 Å². The molecule has 136 valence electrons. The summed E-state index contributed by atoms with van der Waals surface area (Å²) in [6, 6.07) is 0. The Hall–Kier alpha value is -1.14.